The number of nitrogens with zero attached hydrogens (tertiary/aromatic N) is 7. The average Bonchev–Trinajstić information content (AvgIpc) is 3.59. The van der Waals surface area contributed by atoms with Gasteiger partial charge in [0.2, 0.25) is 11.8 Å². The Hall–Kier alpha value is -3.74. The van der Waals surface area contributed by atoms with E-state index in [9.17, 15) is 18.0 Å². The Bertz CT molecular complexity index is 1340. The molecule has 2 aliphatic heterocycles. The van der Waals surface area contributed by atoms with Crippen molar-refractivity contribution in [1.29, 1.82) is 0 Å². The first-order valence-electron chi connectivity index (χ1n) is 13.4. The number of halogens is 3. The molecule has 5 rings (SSSR count). The monoisotopic (exact) mass is 558 g/mol. The Morgan fingerprint density at radius 3 is 2.50 bits per heavy atom. The predicted molar refractivity (Wildman–Crippen MR) is 142 cm³/mol. The number of hydrogen-bond acceptors (Lipinski definition) is 9. The van der Waals surface area contributed by atoms with Crippen LogP contribution in [0.2, 0.25) is 0 Å². The molecule has 2 fully saturated rings. The van der Waals surface area contributed by atoms with Crippen LogP contribution in [0.5, 0.6) is 0 Å². The first-order chi connectivity index (χ1) is 19.0. The van der Waals surface area contributed by atoms with Crippen molar-refractivity contribution in [3.63, 3.8) is 0 Å². The number of rotatable bonds is 7. The second-order valence-corrected chi connectivity index (χ2v) is 10.6. The van der Waals surface area contributed by atoms with E-state index in [-0.39, 0.29) is 35.7 Å². The van der Waals surface area contributed by atoms with Crippen molar-refractivity contribution in [2.45, 2.75) is 57.5 Å². The molecule has 40 heavy (non-hydrogen) atoms. The number of anilines is 2. The van der Waals surface area contributed by atoms with Gasteiger partial charge in [0.25, 0.3) is 5.91 Å². The maximum atomic E-state index is 14.5. The van der Waals surface area contributed by atoms with E-state index in [1.165, 1.54) is 18.5 Å². The van der Waals surface area contributed by atoms with Crippen LogP contribution in [0.4, 0.5) is 25.1 Å². The number of aromatic nitrogens is 4. The number of alkyl halides is 2. The zero-order chi connectivity index (χ0) is 28.6. The third kappa shape index (κ3) is 5.60. The highest BCUT2D eigenvalue weighted by Crippen LogP contribution is 2.31. The number of carbonyl (C=O) groups excluding carboxylic acids is 1. The van der Waals surface area contributed by atoms with E-state index >= 15 is 0 Å². The molecule has 214 valence electrons. The lowest BCUT2D eigenvalue weighted by Gasteiger charge is -2.37. The third-order valence-corrected chi connectivity index (χ3v) is 7.67. The van der Waals surface area contributed by atoms with Crippen molar-refractivity contribution in [1.82, 2.24) is 25.0 Å². The fraction of sp³-hybridized carbons (Fsp3) is 0.519. The molecule has 2 aromatic heterocycles. The van der Waals surface area contributed by atoms with Crippen LogP contribution in [0.15, 0.2) is 35.1 Å². The highest BCUT2D eigenvalue weighted by molar-refractivity contribution is 5.94. The number of carbonyl (C=O) groups is 1. The molecule has 0 saturated carbocycles. The molecule has 3 aromatic rings. The number of benzene rings is 1. The van der Waals surface area contributed by atoms with E-state index in [1.807, 2.05) is 24.8 Å². The molecule has 0 spiro atoms. The first-order valence-corrected chi connectivity index (χ1v) is 13.4. The Morgan fingerprint density at radius 2 is 1.88 bits per heavy atom. The van der Waals surface area contributed by atoms with Crippen LogP contribution >= 0.6 is 0 Å². The van der Waals surface area contributed by atoms with Gasteiger partial charge in [0.1, 0.15) is 5.82 Å². The van der Waals surface area contributed by atoms with Gasteiger partial charge in [0, 0.05) is 70.0 Å². The average molecular weight is 559 g/mol. The van der Waals surface area contributed by atoms with Crippen molar-refractivity contribution in [3.05, 3.63) is 58.9 Å². The highest BCUT2D eigenvalue weighted by Gasteiger charge is 2.36. The van der Waals surface area contributed by atoms with Gasteiger partial charge in [-0.3, -0.25) is 4.79 Å². The van der Waals surface area contributed by atoms with Gasteiger partial charge in [-0.05, 0) is 38.3 Å². The lowest BCUT2D eigenvalue weighted by Crippen LogP contribution is -2.47. The van der Waals surface area contributed by atoms with Crippen LogP contribution in [-0.2, 0) is 5.92 Å². The predicted octanol–water partition coefficient (Wildman–Crippen LogP) is 3.48. The smallest absolute Gasteiger partial charge is 0.324 e. The normalized spacial score (nSPS) is 20.3. The largest absolute Gasteiger partial charge is 0.339 e. The third-order valence-electron chi connectivity index (χ3n) is 7.67. The maximum Gasteiger partial charge on any atom is 0.324 e. The molecule has 2 N–H and O–H groups in total. The van der Waals surface area contributed by atoms with Gasteiger partial charge in [-0.15, -0.1) is 0 Å². The number of hydrogen-bond donors (Lipinski definition) is 1. The Labute approximate surface area is 230 Å². The van der Waals surface area contributed by atoms with Crippen LogP contribution in [0.25, 0.3) is 0 Å². The van der Waals surface area contributed by atoms with Crippen molar-refractivity contribution in [2.24, 2.45) is 5.73 Å². The molecule has 0 bridgehead atoms. The summed E-state index contributed by atoms with van der Waals surface area (Å²) in [6.45, 7) is 6.96. The first kappa shape index (κ1) is 27.8. The summed E-state index contributed by atoms with van der Waals surface area (Å²) in [4.78, 5) is 31.5. The molecule has 2 saturated heterocycles. The van der Waals surface area contributed by atoms with Crippen molar-refractivity contribution in [2.75, 3.05) is 42.5 Å². The van der Waals surface area contributed by atoms with Crippen LogP contribution in [-0.4, -0.2) is 75.7 Å². The quantitative estimate of drug-likeness (QED) is 0.465. The number of amides is 1. The summed E-state index contributed by atoms with van der Waals surface area (Å²) in [5.41, 5.74) is 8.30. The molecular formula is C27H33F3N8O2. The van der Waals surface area contributed by atoms with Crippen molar-refractivity contribution in [3.8, 4) is 0 Å². The summed E-state index contributed by atoms with van der Waals surface area (Å²) >= 11 is 0. The van der Waals surface area contributed by atoms with Gasteiger partial charge < -0.3 is 25.0 Å². The van der Waals surface area contributed by atoms with Crippen LogP contribution < -0.4 is 15.5 Å². The second kappa shape index (κ2) is 11.0. The number of piperidine rings is 1. The molecule has 13 heteroatoms. The summed E-state index contributed by atoms with van der Waals surface area (Å²) in [6, 6.07) is 4.76. The molecule has 2 aliphatic rings. The Kier molecular flexibility index (Phi) is 7.67. The summed E-state index contributed by atoms with van der Waals surface area (Å²) in [5, 5.41) is 3.38. The van der Waals surface area contributed by atoms with Crippen LogP contribution in [0.1, 0.15) is 59.9 Å². The van der Waals surface area contributed by atoms with Gasteiger partial charge in [-0.2, -0.15) is 13.8 Å². The zero-order valence-corrected chi connectivity index (χ0v) is 22.7. The molecule has 1 aromatic carbocycles. The van der Waals surface area contributed by atoms with E-state index in [0.717, 1.165) is 12.5 Å². The molecule has 0 radical (unpaired) electrons. The minimum absolute atomic E-state index is 0.0509. The lowest BCUT2D eigenvalue weighted by molar-refractivity contribution is 0.00558. The molecule has 4 heterocycles. The molecule has 0 aliphatic carbocycles. The standard InChI is InChI=1S/C27H33F3N8O2/c1-4-38(18-7-9-36(10-8-18)26-34-24(35-40-26)27(3,29)30)23(39)17-12-32-25(33-13-17)37-14-20(22(31)15-37)19-11-16(2)5-6-21(19)28/h5-6,11-13,18,20,22H,4,7-10,14-15,31H2,1-3H3/t20-,22+/m1/s1. The van der Waals surface area contributed by atoms with E-state index in [0.29, 0.717) is 62.6 Å². The fourth-order valence-corrected chi connectivity index (χ4v) is 5.49. The SMILES string of the molecule is CCN(C(=O)c1cnc(N2C[C@H](c3cc(C)ccc3F)[C@@H](N)C2)nc1)C1CCN(c2nc(C(C)(F)F)no2)CC1. The van der Waals surface area contributed by atoms with E-state index in [4.69, 9.17) is 10.3 Å². The van der Waals surface area contributed by atoms with Crippen molar-refractivity contribution < 1.29 is 22.5 Å². The molecule has 2 atom stereocenters. The second-order valence-electron chi connectivity index (χ2n) is 10.6. The zero-order valence-electron chi connectivity index (χ0n) is 22.7. The number of nitrogens with two attached hydrogens (primary N) is 1. The van der Waals surface area contributed by atoms with Crippen molar-refractivity contribution >= 4 is 17.9 Å². The Morgan fingerprint density at radius 1 is 1.18 bits per heavy atom. The Balaban J connectivity index is 1.21. The van der Waals surface area contributed by atoms with E-state index in [1.54, 1.807) is 15.9 Å². The van der Waals surface area contributed by atoms with Crippen LogP contribution in [0, 0.1) is 12.7 Å². The number of aryl methyl sites for hydroxylation is 1. The van der Waals surface area contributed by atoms with E-state index in [2.05, 4.69) is 20.1 Å². The van der Waals surface area contributed by atoms with Gasteiger partial charge in [0.05, 0.1) is 5.56 Å². The van der Waals surface area contributed by atoms with Gasteiger partial charge in [0.15, 0.2) is 0 Å². The minimum Gasteiger partial charge on any atom is -0.339 e. The van der Waals surface area contributed by atoms with Gasteiger partial charge >= 0.3 is 11.9 Å². The topological polar surface area (TPSA) is 118 Å². The molecule has 1 amide bonds. The molecule has 0 unspecified atom stereocenters. The summed E-state index contributed by atoms with van der Waals surface area (Å²) in [7, 11) is 0. The summed E-state index contributed by atoms with van der Waals surface area (Å²) in [5.74, 6) is -4.03. The van der Waals surface area contributed by atoms with E-state index < -0.39 is 11.7 Å². The summed E-state index contributed by atoms with van der Waals surface area (Å²) < 4.78 is 46.5. The fourth-order valence-electron chi connectivity index (χ4n) is 5.49. The molecule has 10 nitrogen and oxygen atoms in total. The highest BCUT2D eigenvalue weighted by atomic mass is 19.3. The summed E-state index contributed by atoms with van der Waals surface area (Å²) in [6.07, 6.45) is 4.25. The maximum absolute atomic E-state index is 14.5. The lowest BCUT2D eigenvalue weighted by atomic mass is 9.93. The van der Waals surface area contributed by atoms with Crippen LogP contribution in [0.3, 0.4) is 0 Å². The molecular weight excluding hydrogens is 525 g/mol. The minimum atomic E-state index is -3.18. The van der Waals surface area contributed by atoms with Gasteiger partial charge in [-0.1, -0.05) is 22.9 Å². The van der Waals surface area contributed by atoms with Gasteiger partial charge in [-0.25, -0.2) is 14.4 Å².